The number of benzene rings is 1. The Labute approximate surface area is 207 Å². The van der Waals surface area contributed by atoms with Crippen LogP contribution in [0.1, 0.15) is 77.7 Å². The molecule has 3 aliphatic rings. The number of carbonyl (C=O) groups excluding carboxylic acids is 1. The van der Waals surface area contributed by atoms with E-state index in [-0.39, 0.29) is 10.8 Å². The first-order chi connectivity index (χ1) is 16.0. The zero-order chi connectivity index (χ0) is 24.3. The third-order valence-corrected chi connectivity index (χ3v) is 8.68. The Morgan fingerprint density at radius 1 is 1.21 bits per heavy atom. The monoisotopic (exact) mass is 483 g/mol. The Balaban J connectivity index is 1.50. The highest BCUT2D eigenvalue weighted by Gasteiger charge is 2.48. The lowest BCUT2D eigenvalue weighted by Crippen LogP contribution is -2.50. The Morgan fingerprint density at radius 2 is 1.91 bits per heavy atom. The lowest BCUT2D eigenvalue weighted by molar-refractivity contribution is -0.0251. The van der Waals surface area contributed by atoms with Crippen molar-refractivity contribution in [1.82, 2.24) is 14.5 Å². The van der Waals surface area contributed by atoms with Crippen molar-refractivity contribution in [3.63, 3.8) is 0 Å². The smallest absolute Gasteiger partial charge is 0.410 e. The molecule has 1 aromatic heterocycles. The van der Waals surface area contributed by atoms with Crippen molar-refractivity contribution in [3.8, 4) is 17.0 Å². The highest BCUT2D eigenvalue weighted by Crippen LogP contribution is 2.51. The highest BCUT2D eigenvalue weighted by molar-refractivity contribution is 8.00. The molecule has 2 fully saturated rings. The van der Waals surface area contributed by atoms with E-state index in [4.69, 9.17) is 14.5 Å². The van der Waals surface area contributed by atoms with Crippen molar-refractivity contribution in [2.75, 3.05) is 18.8 Å². The first-order valence-electron chi connectivity index (χ1n) is 12.5. The van der Waals surface area contributed by atoms with Gasteiger partial charge in [0.05, 0.1) is 11.4 Å². The molecular formula is C27H37N3O3S. The first kappa shape index (κ1) is 23.6. The Hall–Kier alpha value is -2.15. The van der Waals surface area contributed by atoms with Gasteiger partial charge in [-0.25, -0.2) is 9.78 Å². The number of thioether (sulfide) groups is 1. The van der Waals surface area contributed by atoms with E-state index < -0.39 is 11.2 Å². The number of likely N-dealkylation sites (tertiary alicyclic amines) is 1. The maximum atomic E-state index is 12.7. The molecule has 0 N–H and O–H groups in total. The summed E-state index contributed by atoms with van der Waals surface area (Å²) in [4.78, 5) is 19.8. The van der Waals surface area contributed by atoms with Gasteiger partial charge in [0.25, 0.3) is 0 Å². The standard InChI is InChI=1S/C27H37N3O3S/c1-25(2,3)33-24(31)30-14-12-27(13-15-30)22-21(19-9-7-8-10-20(19)32-27)28-23(29(22)6)18-11-16-34-26(4,5)17-18/h7-10,18H,11-17H2,1-6H3. The van der Waals surface area contributed by atoms with Crippen LogP contribution in [0.3, 0.4) is 0 Å². The Bertz CT molecular complexity index is 1090. The number of carbonyl (C=O) groups is 1. The zero-order valence-corrected chi connectivity index (χ0v) is 22.1. The summed E-state index contributed by atoms with van der Waals surface area (Å²) < 4.78 is 15.0. The van der Waals surface area contributed by atoms with Gasteiger partial charge in [0.1, 0.15) is 17.2 Å². The summed E-state index contributed by atoms with van der Waals surface area (Å²) in [6.45, 7) is 11.6. The number of amides is 1. The van der Waals surface area contributed by atoms with E-state index in [9.17, 15) is 4.79 Å². The van der Waals surface area contributed by atoms with Gasteiger partial charge in [0, 0.05) is 49.2 Å². The van der Waals surface area contributed by atoms with Gasteiger partial charge in [-0.1, -0.05) is 26.0 Å². The number of ether oxygens (including phenoxy) is 2. The zero-order valence-electron chi connectivity index (χ0n) is 21.3. The maximum absolute atomic E-state index is 12.7. The number of fused-ring (bicyclic) bond motifs is 4. The van der Waals surface area contributed by atoms with Crippen LogP contribution >= 0.6 is 11.8 Å². The van der Waals surface area contributed by atoms with E-state index >= 15 is 0 Å². The van der Waals surface area contributed by atoms with E-state index in [1.807, 2.05) is 31.7 Å². The van der Waals surface area contributed by atoms with Crippen molar-refractivity contribution >= 4 is 17.9 Å². The van der Waals surface area contributed by atoms with E-state index in [0.717, 1.165) is 48.4 Å². The summed E-state index contributed by atoms with van der Waals surface area (Å²) in [5.74, 6) is 3.67. The number of rotatable bonds is 1. The van der Waals surface area contributed by atoms with Crippen LogP contribution in [0.2, 0.25) is 0 Å². The molecule has 1 atom stereocenters. The second-order valence-electron chi connectivity index (χ2n) is 11.6. The molecule has 0 radical (unpaired) electrons. The highest BCUT2D eigenvalue weighted by atomic mass is 32.2. The summed E-state index contributed by atoms with van der Waals surface area (Å²) in [6.07, 6.45) is 3.48. The molecule has 2 aromatic rings. The van der Waals surface area contributed by atoms with Crippen LogP contribution in [0.4, 0.5) is 4.79 Å². The van der Waals surface area contributed by atoms with E-state index in [0.29, 0.717) is 19.0 Å². The van der Waals surface area contributed by atoms with Gasteiger partial charge in [-0.2, -0.15) is 11.8 Å². The van der Waals surface area contributed by atoms with Crippen LogP contribution < -0.4 is 4.74 Å². The molecule has 1 unspecified atom stereocenters. The second kappa shape index (κ2) is 8.21. The molecule has 34 heavy (non-hydrogen) atoms. The maximum Gasteiger partial charge on any atom is 0.410 e. The predicted molar refractivity (Wildman–Crippen MR) is 137 cm³/mol. The molecule has 184 valence electrons. The van der Waals surface area contributed by atoms with Gasteiger partial charge in [-0.05, 0) is 51.5 Å². The molecule has 5 rings (SSSR count). The fourth-order valence-electron chi connectivity index (χ4n) is 5.77. The molecular weight excluding hydrogens is 446 g/mol. The number of imidazole rings is 1. The van der Waals surface area contributed by atoms with Crippen molar-refractivity contribution < 1.29 is 14.3 Å². The van der Waals surface area contributed by atoms with Crippen molar-refractivity contribution in [3.05, 3.63) is 35.8 Å². The van der Waals surface area contributed by atoms with Gasteiger partial charge in [0.15, 0.2) is 5.60 Å². The number of aromatic nitrogens is 2. The van der Waals surface area contributed by atoms with Crippen LogP contribution in [0.5, 0.6) is 5.75 Å². The average Bonchev–Trinajstić information content (AvgIpc) is 3.11. The quantitative estimate of drug-likeness (QED) is 0.491. The van der Waals surface area contributed by atoms with Gasteiger partial charge in [0.2, 0.25) is 0 Å². The number of hydrogen-bond donors (Lipinski definition) is 0. The van der Waals surface area contributed by atoms with Crippen molar-refractivity contribution in [2.24, 2.45) is 7.05 Å². The summed E-state index contributed by atoms with van der Waals surface area (Å²) in [7, 11) is 2.16. The minimum atomic E-state index is -0.497. The number of para-hydroxylation sites is 1. The molecule has 1 amide bonds. The van der Waals surface area contributed by atoms with Crippen LogP contribution in [0.15, 0.2) is 24.3 Å². The molecule has 1 aromatic carbocycles. The number of hydrogen-bond acceptors (Lipinski definition) is 5. The van der Waals surface area contributed by atoms with Gasteiger partial charge < -0.3 is 18.9 Å². The van der Waals surface area contributed by atoms with E-state index in [1.165, 1.54) is 11.5 Å². The fourth-order valence-corrected chi connectivity index (χ4v) is 7.04. The van der Waals surface area contributed by atoms with E-state index in [2.05, 4.69) is 55.4 Å². The number of piperidine rings is 1. The fraction of sp³-hybridized carbons (Fsp3) is 0.630. The first-order valence-corrected chi connectivity index (χ1v) is 13.4. The molecule has 3 aliphatic heterocycles. The normalized spacial score (nSPS) is 23.1. The summed E-state index contributed by atoms with van der Waals surface area (Å²) in [5.41, 5.74) is 2.32. The molecule has 0 aliphatic carbocycles. The van der Waals surface area contributed by atoms with Gasteiger partial charge in [-0.15, -0.1) is 0 Å². The summed E-state index contributed by atoms with van der Waals surface area (Å²) in [6, 6.07) is 8.26. The van der Waals surface area contributed by atoms with Crippen LogP contribution in [0, 0.1) is 0 Å². The molecule has 7 heteroatoms. The molecule has 2 saturated heterocycles. The van der Waals surface area contributed by atoms with Crippen molar-refractivity contribution in [2.45, 2.75) is 82.2 Å². The molecule has 4 heterocycles. The third kappa shape index (κ3) is 4.21. The Morgan fingerprint density at radius 3 is 2.59 bits per heavy atom. The summed E-state index contributed by atoms with van der Waals surface area (Å²) >= 11 is 2.07. The minimum Gasteiger partial charge on any atom is -0.480 e. The van der Waals surface area contributed by atoms with Crippen LogP contribution in [-0.4, -0.2) is 49.7 Å². The molecule has 0 saturated carbocycles. The SMILES string of the molecule is Cn1c(C2CCSC(C)(C)C2)nc2c1C1(CCN(C(=O)OC(C)(C)C)CC1)Oc1ccccc1-2. The van der Waals surface area contributed by atoms with E-state index in [1.54, 1.807) is 0 Å². The van der Waals surface area contributed by atoms with Crippen molar-refractivity contribution in [1.29, 1.82) is 0 Å². The Kier molecular flexibility index (Phi) is 5.70. The molecule has 0 bridgehead atoms. The van der Waals surface area contributed by atoms with Gasteiger partial charge in [-0.3, -0.25) is 0 Å². The lowest BCUT2D eigenvalue weighted by atomic mass is 9.83. The minimum absolute atomic E-state index is 0.244. The number of nitrogens with zero attached hydrogens (tertiary/aromatic N) is 3. The van der Waals surface area contributed by atoms with Gasteiger partial charge >= 0.3 is 6.09 Å². The molecule has 1 spiro atoms. The largest absolute Gasteiger partial charge is 0.480 e. The summed E-state index contributed by atoms with van der Waals surface area (Å²) in [5, 5.41) is 0. The topological polar surface area (TPSA) is 56.6 Å². The second-order valence-corrected chi connectivity index (χ2v) is 13.4. The predicted octanol–water partition coefficient (Wildman–Crippen LogP) is 6.09. The molecule has 6 nitrogen and oxygen atoms in total. The van der Waals surface area contributed by atoms with Crippen LogP contribution in [0.25, 0.3) is 11.3 Å². The lowest BCUT2D eigenvalue weighted by Gasteiger charge is -2.44. The van der Waals surface area contributed by atoms with Crippen LogP contribution in [-0.2, 0) is 17.4 Å². The average molecular weight is 484 g/mol. The third-order valence-electron chi connectivity index (χ3n) is 7.29.